The Balaban J connectivity index is 1.49. The number of nitrogens with zero attached hydrogens (tertiary/aromatic N) is 3. The van der Waals surface area contributed by atoms with Crippen LogP contribution in [0.1, 0.15) is 22.9 Å². The SMILES string of the molecule is FC(F)(F)c1csc(CN=C(NCCCN2CCOCC2)NCCc2ccco2)n1. The summed E-state index contributed by atoms with van der Waals surface area (Å²) in [6, 6.07) is 3.72. The molecule has 1 aliphatic rings. The van der Waals surface area contributed by atoms with Gasteiger partial charge in [-0.05, 0) is 25.1 Å². The number of nitrogens with one attached hydrogen (secondary N) is 2. The zero-order valence-corrected chi connectivity index (χ0v) is 17.4. The Morgan fingerprint density at radius 2 is 2.03 bits per heavy atom. The summed E-state index contributed by atoms with van der Waals surface area (Å²) in [5.41, 5.74) is -0.872. The number of guanidine groups is 1. The fourth-order valence-electron chi connectivity index (χ4n) is 2.93. The van der Waals surface area contributed by atoms with E-state index in [0.29, 0.717) is 30.5 Å². The average Bonchev–Trinajstić information content (AvgIpc) is 3.41. The van der Waals surface area contributed by atoms with E-state index in [1.165, 1.54) is 0 Å². The van der Waals surface area contributed by atoms with Gasteiger partial charge in [0.1, 0.15) is 10.8 Å². The Kier molecular flexibility index (Phi) is 8.52. The highest BCUT2D eigenvalue weighted by atomic mass is 32.1. The minimum atomic E-state index is -4.43. The van der Waals surface area contributed by atoms with E-state index in [9.17, 15) is 13.2 Å². The van der Waals surface area contributed by atoms with E-state index in [-0.39, 0.29) is 6.54 Å². The smallest absolute Gasteiger partial charge is 0.434 e. The topological polar surface area (TPSA) is 74.9 Å². The van der Waals surface area contributed by atoms with Crippen LogP contribution in [0.4, 0.5) is 13.2 Å². The van der Waals surface area contributed by atoms with Gasteiger partial charge in [-0.15, -0.1) is 11.3 Å². The monoisotopic (exact) mass is 445 g/mol. The molecule has 0 unspecified atom stereocenters. The molecular formula is C19H26F3N5O2S. The van der Waals surface area contributed by atoms with Crippen molar-refractivity contribution in [2.45, 2.75) is 25.6 Å². The van der Waals surface area contributed by atoms with Crippen LogP contribution in [-0.4, -0.2) is 61.8 Å². The number of aromatic nitrogens is 1. The van der Waals surface area contributed by atoms with Crippen molar-refractivity contribution in [3.05, 3.63) is 40.2 Å². The summed E-state index contributed by atoms with van der Waals surface area (Å²) in [5, 5.41) is 7.80. The van der Waals surface area contributed by atoms with E-state index >= 15 is 0 Å². The molecule has 30 heavy (non-hydrogen) atoms. The van der Waals surface area contributed by atoms with Crippen molar-refractivity contribution in [2.75, 3.05) is 45.9 Å². The molecule has 3 heterocycles. The van der Waals surface area contributed by atoms with E-state index in [1.54, 1.807) is 6.26 Å². The molecule has 0 spiro atoms. The zero-order chi connectivity index (χ0) is 21.2. The summed E-state index contributed by atoms with van der Waals surface area (Å²) in [4.78, 5) is 10.4. The van der Waals surface area contributed by atoms with Crippen LogP contribution in [0.25, 0.3) is 0 Å². The maximum absolute atomic E-state index is 12.7. The van der Waals surface area contributed by atoms with Crippen LogP contribution < -0.4 is 10.6 Å². The van der Waals surface area contributed by atoms with Gasteiger partial charge in [-0.1, -0.05) is 0 Å². The van der Waals surface area contributed by atoms with Crippen LogP contribution in [0.5, 0.6) is 0 Å². The van der Waals surface area contributed by atoms with Gasteiger partial charge < -0.3 is 19.8 Å². The van der Waals surface area contributed by atoms with Gasteiger partial charge in [-0.2, -0.15) is 13.2 Å². The second-order valence-corrected chi connectivity index (χ2v) is 7.72. The summed E-state index contributed by atoms with van der Waals surface area (Å²) < 4.78 is 48.8. The number of hydrogen-bond donors (Lipinski definition) is 2. The summed E-state index contributed by atoms with van der Waals surface area (Å²) in [5.74, 6) is 1.40. The Hall–Kier alpha value is -2.11. The summed E-state index contributed by atoms with van der Waals surface area (Å²) in [7, 11) is 0. The van der Waals surface area contributed by atoms with Crippen molar-refractivity contribution in [1.29, 1.82) is 0 Å². The first kappa shape index (κ1) is 22.6. The predicted molar refractivity (Wildman–Crippen MR) is 109 cm³/mol. The lowest BCUT2D eigenvalue weighted by atomic mass is 10.3. The Labute approximate surface area is 177 Å². The zero-order valence-electron chi connectivity index (χ0n) is 16.6. The van der Waals surface area contributed by atoms with Gasteiger partial charge in [0.25, 0.3) is 0 Å². The molecule has 0 aliphatic carbocycles. The molecule has 7 nitrogen and oxygen atoms in total. The molecule has 0 bridgehead atoms. The first-order valence-electron chi connectivity index (χ1n) is 9.87. The molecular weight excluding hydrogens is 419 g/mol. The number of ether oxygens (including phenoxy) is 1. The van der Waals surface area contributed by atoms with Gasteiger partial charge in [0.05, 0.1) is 26.0 Å². The number of alkyl halides is 3. The van der Waals surface area contributed by atoms with Crippen molar-refractivity contribution in [3.8, 4) is 0 Å². The fraction of sp³-hybridized carbons (Fsp3) is 0.579. The van der Waals surface area contributed by atoms with Crippen molar-refractivity contribution in [3.63, 3.8) is 0 Å². The Morgan fingerprint density at radius 1 is 1.23 bits per heavy atom. The van der Waals surface area contributed by atoms with Crippen molar-refractivity contribution in [1.82, 2.24) is 20.5 Å². The number of thiazole rings is 1. The first-order valence-corrected chi connectivity index (χ1v) is 10.7. The first-order chi connectivity index (χ1) is 14.5. The third-order valence-corrected chi connectivity index (χ3v) is 5.34. The Morgan fingerprint density at radius 3 is 2.73 bits per heavy atom. The minimum Gasteiger partial charge on any atom is -0.469 e. The lowest BCUT2D eigenvalue weighted by Gasteiger charge is -2.26. The molecule has 1 aliphatic heterocycles. The molecule has 1 saturated heterocycles. The predicted octanol–water partition coefficient (Wildman–Crippen LogP) is 2.76. The molecule has 0 aromatic carbocycles. The highest BCUT2D eigenvalue weighted by Crippen LogP contribution is 2.30. The van der Waals surface area contributed by atoms with Gasteiger partial charge in [-0.25, -0.2) is 9.98 Å². The van der Waals surface area contributed by atoms with Gasteiger partial charge in [-0.3, -0.25) is 4.90 Å². The van der Waals surface area contributed by atoms with E-state index < -0.39 is 11.9 Å². The molecule has 2 aromatic heterocycles. The second kappa shape index (κ2) is 11.3. The Bertz CT molecular complexity index is 773. The fourth-order valence-corrected chi connectivity index (χ4v) is 3.65. The highest BCUT2D eigenvalue weighted by molar-refractivity contribution is 7.09. The second-order valence-electron chi connectivity index (χ2n) is 6.78. The molecule has 0 amide bonds. The van der Waals surface area contributed by atoms with E-state index in [1.807, 2.05) is 12.1 Å². The van der Waals surface area contributed by atoms with Gasteiger partial charge in [0.15, 0.2) is 11.7 Å². The lowest BCUT2D eigenvalue weighted by Crippen LogP contribution is -2.41. The molecule has 0 saturated carbocycles. The van der Waals surface area contributed by atoms with Crippen molar-refractivity contribution in [2.24, 2.45) is 4.99 Å². The summed E-state index contributed by atoms with van der Waals surface area (Å²) in [6.07, 6.45) is -1.21. The van der Waals surface area contributed by atoms with Crippen LogP contribution in [0.15, 0.2) is 33.2 Å². The summed E-state index contributed by atoms with van der Waals surface area (Å²) in [6.45, 7) is 5.74. The number of aliphatic imine (C=N–C) groups is 1. The quantitative estimate of drug-likeness (QED) is 0.351. The molecule has 2 N–H and O–H groups in total. The van der Waals surface area contributed by atoms with E-state index in [2.05, 4.69) is 25.5 Å². The standard InChI is InChI=1S/C19H26F3N5O2S/c20-19(21,22)16-14-30-17(26-16)13-25-18(24-6-4-15-3-1-10-29-15)23-5-2-7-27-8-11-28-12-9-27/h1,3,10,14H,2,4-9,11-13H2,(H2,23,24,25). The van der Waals surface area contributed by atoms with Crippen LogP contribution >= 0.6 is 11.3 Å². The number of hydrogen-bond acceptors (Lipinski definition) is 6. The molecule has 11 heteroatoms. The maximum Gasteiger partial charge on any atom is 0.434 e. The third kappa shape index (κ3) is 7.62. The average molecular weight is 446 g/mol. The van der Waals surface area contributed by atoms with Crippen LogP contribution in [0, 0.1) is 0 Å². The highest BCUT2D eigenvalue weighted by Gasteiger charge is 2.33. The molecule has 0 atom stereocenters. The number of halogens is 3. The maximum atomic E-state index is 12.7. The molecule has 1 fully saturated rings. The number of rotatable bonds is 9. The van der Waals surface area contributed by atoms with Gasteiger partial charge >= 0.3 is 6.18 Å². The number of morpholine rings is 1. The van der Waals surface area contributed by atoms with E-state index in [0.717, 1.165) is 61.7 Å². The van der Waals surface area contributed by atoms with Gasteiger partial charge in [0.2, 0.25) is 0 Å². The third-order valence-electron chi connectivity index (χ3n) is 4.51. The number of furan rings is 1. The largest absolute Gasteiger partial charge is 0.469 e. The van der Waals surface area contributed by atoms with Crippen molar-refractivity contribution < 1.29 is 22.3 Å². The summed E-state index contributed by atoms with van der Waals surface area (Å²) >= 11 is 0.960. The molecule has 0 radical (unpaired) electrons. The molecule has 2 aromatic rings. The van der Waals surface area contributed by atoms with E-state index in [4.69, 9.17) is 9.15 Å². The van der Waals surface area contributed by atoms with Crippen LogP contribution in [-0.2, 0) is 23.9 Å². The van der Waals surface area contributed by atoms with Crippen LogP contribution in [0.2, 0.25) is 0 Å². The van der Waals surface area contributed by atoms with Crippen molar-refractivity contribution >= 4 is 17.3 Å². The van der Waals surface area contributed by atoms with Crippen LogP contribution in [0.3, 0.4) is 0 Å². The molecule has 3 rings (SSSR count). The molecule has 166 valence electrons. The minimum absolute atomic E-state index is 0.0836. The van der Waals surface area contributed by atoms with Gasteiger partial charge in [0, 0.05) is 38.0 Å². The lowest BCUT2D eigenvalue weighted by molar-refractivity contribution is -0.140. The normalized spacial score (nSPS) is 16.0.